The Hall–Kier alpha value is -2.75. The third kappa shape index (κ3) is 5.86. The quantitative estimate of drug-likeness (QED) is 0.455. The molecule has 1 aromatic heterocycles. The molecule has 1 amide bonds. The van der Waals surface area contributed by atoms with Gasteiger partial charge in [-0.05, 0) is 24.1 Å². The van der Waals surface area contributed by atoms with E-state index in [2.05, 4.69) is 15.5 Å². The van der Waals surface area contributed by atoms with Gasteiger partial charge in [0.15, 0.2) is 11.5 Å². The SMILES string of the molecule is CC[C@@H](C)[C@@H](NC(=O)CSc1nnc(-c2ccc(OC)c(OC)c2)o1)C(=O)OC. The van der Waals surface area contributed by atoms with Gasteiger partial charge in [0.25, 0.3) is 5.22 Å². The van der Waals surface area contributed by atoms with E-state index in [1.807, 2.05) is 13.8 Å². The number of esters is 1. The summed E-state index contributed by atoms with van der Waals surface area (Å²) in [6.45, 7) is 3.82. The first-order valence-corrected chi connectivity index (χ1v) is 9.97. The van der Waals surface area contributed by atoms with Crippen LogP contribution in [0.5, 0.6) is 11.5 Å². The predicted molar refractivity (Wildman–Crippen MR) is 107 cm³/mol. The first-order chi connectivity index (χ1) is 13.9. The zero-order chi connectivity index (χ0) is 21.4. The minimum Gasteiger partial charge on any atom is -0.493 e. The number of methoxy groups -OCH3 is 3. The fourth-order valence-electron chi connectivity index (χ4n) is 2.49. The highest BCUT2D eigenvalue weighted by Gasteiger charge is 2.26. The highest BCUT2D eigenvalue weighted by Crippen LogP contribution is 2.32. The summed E-state index contributed by atoms with van der Waals surface area (Å²) < 4.78 is 20.8. The zero-order valence-electron chi connectivity index (χ0n) is 17.1. The number of nitrogens with one attached hydrogen (secondary N) is 1. The summed E-state index contributed by atoms with van der Waals surface area (Å²) in [4.78, 5) is 24.1. The van der Waals surface area contributed by atoms with E-state index in [9.17, 15) is 9.59 Å². The number of aromatic nitrogens is 2. The summed E-state index contributed by atoms with van der Waals surface area (Å²) >= 11 is 1.08. The molecule has 0 saturated carbocycles. The van der Waals surface area contributed by atoms with Gasteiger partial charge in [-0.25, -0.2) is 4.79 Å². The molecule has 2 aromatic rings. The summed E-state index contributed by atoms with van der Waals surface area (Å²) in [6.07, 6.45) is 0.728. The number of hydrogen-bond acceptors (Lipinski definition) is 9. The van der Waals surface area contributed by atoms with Gasteiger partial charge in [-0.1, -0.05) is 32.0 Å². The second-order valence-electron chi connectivity index (χ2n) is 6.19. The first-order valence-electron chi connectivity index (χ1n) is 8.99. The van der Waals surface area contributed by atoms with Crippen molar-refractivity contribution in [2.45, 2.75) is 31.5 Å². The molecule has 0 aliphatic carbocycles. The van der Waals surface area contributed by atoms with E-state index in [0.717, 1.165) is 18.2 Å². The Balaban J connectivity index is 2.00. The van der Waals surface area contributed by atoms with Gasteiger partial charge in [-0.15, -0.1) is 10.2 Å². The monoisotopic (exact) mass is 423 g/mol. The van der Waals surface area contributed by atoms with E-state index in [1.54, 1.807) is 25.3 Å². The van der Waals surface area contributed by atoms with Gasteiger partial charge in [-0.3, -0.25) is 4.79 Å². The molecule has 29 heavy (non-hydrogen) atoms. The van der Waals surface area contributed by atoms with E-state index in [-0.39, 0.29) is 22.8 Å². The summed E-state index contributed by atoms with van der Waals surface area (Å²) in [5.74, 6) is 0.608. The lowest BCUT2D eigenvalue weighted by Gasteiger charge is -2.21. The molecule has 0 bridgehead atoms. The summed E-state index contributed by atoms with van der Waals surface area (Å²) in [5, 5.41) is 10.9. The molecule has 0 aliphatic rings. The smallest absolute Gasteiger partial charge is 0.328 e. The van der Waals surface area contributed by atoms with Crippen molar-refractivity contribution in [3.05, 3.63) is 18.2 Å². The largest absolute Gasteiger partial charge is 0.493 e. The highest BCUT2D eigenvalue weighted by molar-refractivity contribution is 7.99. The van der Waals surface area contributed by atoms with Crippen molar-refractivity contribution in [3.63, 3.8) is 0 Å². The van der Waals surface area contributed by atoms with Crippen LogP contribution in [-0.4, -0.2) is 55.2 Å². The van der Waals surface area contributed by atoms with E-state index in [0.29, 0.717) is 23.0 Å². The molecule has 1 aromatic carbocycles. The Morgan fingerprint density at radius 3 is 2.52 bits per heavy atom. The summed E-state index contributed by atoms with van der Waals surface area (Å²) in [7, 11) is 4.39. The van der Waals surface area contributed by atoms with Gasteiger partial charge < -0.3 is 23.9 Å². The maximum atomic E-state index is 12.2. The van der Waals surface area contributed by atoms with Crippen LogP contribution in [-0.2, 0) is 14.3 Å². The van der Waals surface area contributed by atoms with Crippen molar-refractivity contribution in [2.75, 3.05) is 27.1 Å². The van der Waals surface area contributed by atoms with E-state index in [1.165, 1.54) is 14.2 Å². The minimum absolute atomic E-state index is 0.0253. The number of thioether (sulfide) groups is 1. The molecular formula is C19H25N3O6S. The van der Waals surface area contributed by atoms with Gasteiger partial charge >= 0.3 is 5.97 Å². The second-order valence-corrected chi connectivity index (χ2v) is 7.11. The van der Waals surface area contributed by atoms with Crippen LogP contribution in [0.15, 0.2) is 27.8 Å². The maximum Gasteiger partial charge on any atom is 0.328 e. The number of carbonyl (C=O) groups is 2. The van der Waals surface area contributed by atoms with E-state index < -0.39 is 12.0 Å². The van der Waals surface area contributed by atoms with Crippen LogP contribution < -0.4 is 14.8 Å². The summed E-state index contributed by atoms with van der Waals surface area (Å²) in [5.41, 5.74) is 0.661. The molecule has 2 rings (SSSR count). The normalized spacial score (nSPS) is 12.7. The topological polar surface area (TPSA) is 113 Å². The third-order valence-corrected chi connectivity index (χ3v) is 5.17. The molecule has 1 N–H and O–H groups in total. The van der Waals surface area contributed by atoms with Crippen molar-refractivity contribution in [1.29, 1.82) is 0 Å². The highest BCUT2D eigenvalue weighted by atomic mass is 32.2. The Morgan fingerprint density at radius 1 is 1.17 bits per heavy atom. The average molecular weight is 423 g/mol. The number of nitrogens with zero attached hydrogens (tertiary/aromatic N) is 2. The van der Waals surface area contributed by atoms with E-state index >= 15 is 0 Å². The van der Waals surface area contributed by atoms with Gasteiger partial charge in [0.05, 0.1) is 27.1 Å². The molecule has 0 fully saturated rings. The molecule has 0 unspecified atom stereocenters. The van der Waals surface area contributed by atoms with Crippen LogP contribution >= 0.6 is 11.8 Å². The fourth-order valence-corrected chi connectivity index (χ4v) is 3.07. The molecule has 10 heteroatoms. The van der Waals surface area contributed by atoms with Gasteiger partial charge in [0.2, 0.25) is 11.8 Å². The van der Waals surface area contributed by atoms with Crippen LogP contribution in [0.1, 0.15) is 20.3 Å². The van der Waals surface area contributed by atoms with Crippen LogP contribution in [0, 0.1) is 5.92 Å². The Kier molecular flexibility index (Phi) is 8.32. The van der Waals surface area contributed by atoms with Crippen molar-refractivity contribution in [1.82, 2.24) is 15.5 Å². The minimum atomic E-state index is -0.692. The molecule has 0 saturated heterocycles. The fraction of sp³-hybridized carbons (Fsp3) is 0.474. The standard InChI is InChI=1S/C19H25N3O6S/c1-6-11(2)16(18(24)27-5)20-15(23)10-29-19-22-21-17(28-19)12-7-8-13(25-3)14(9-12)26-4/h7-9,11,16H,6,10H2,1-5H3,(H,20,23)/t11-,16-/m1/s1. The predicted octanol–water partition coefficient (Wildman–Crippen LogP) is 2.55. The number of amides is 1. The number of benzene rings is 1. The van der Waals surface area contributed by atoms with Crippen molar-refractivity contribution in [3.8, 4) is 23.0 Å². The third-order valence-electron chi connectivity index (χ3n) is 4.35. The lowest BCUT2D eigenvalue weighted by Crippen LogP contribution is -2.46. The van der Waals surface area contributed by atoms with Crippen molar-refractivity contribution < 1.29 is 28.2 Å². The number of ether oxygens (including phenoxy) is 3. The molecule has 9 nitrogen and oxygen atoms in total. The van der Waals surface area contributed by atoms with Gasteiger partial charge in [-0.2, -0.15) is 0 Å². The number of carbonyl (C=O) groups excluding carboxylic acids is 2. The molecule has 0 spiro atoms. The second kappa shape index (κ2) is 10.7. The Labute approximate surface area is 173 Å². The van der Waals surface area contributed by atoms with E-state index in [4.69, 9.17) is 18.6 Å². The lowest BCUT2D eigenvalue weighted by molar-refractivity contribution is -0.146. The zero-order valence-corrected chi connectivity index (χ0v) is 17.9. The van der Waals surface area contributed by atoms with Gasteiger partial charge in [0.1, 0.15) is 6.04 Å². The lowest BCUT2D eigenvalue weighted by atomic mass is 9.99. The molecule has 0 radical (unpaired) electrons. The number of rotatable bonds is 10. The molecule has 2 atom stereocenters. The maximum absolute atomic E-state index is 12.2. The van der Waals surface area contributed by atoms with Gasteiger partial charge in [0, 0.05) is 5.56 Å². The first kappa shape index (κ1) is 22.5. The van der Waals surface area contributed by atoms with Crippen LogP contribution in [0.25, 0.3) is 11.5 Å². The van der Waals surface area contributed by atoms with Crippen molar-refractivity contribution in [2.24, 2.45) is 5.92 Å². The Morgan fingerprint density at radius 2 is 1.90 bits per heavy atom. The number of hydrogen-bond donors (Lipinski definition) is 1. The van der Waals surface area contributed by atoms with Crippen LogP contribution in [0.3, 0.4) is 0 Å². The average Bonchev–Trinajstić information content (AvgIpc) is 3.23. The molecule has 1 heterocycles. The molecular weight excluding hydrogens is 398 g/mol. The molecule has 158 valence electrons. The summed E-state index contributed by atoms with van der Waals surface area (Å²) in [6, 6.07) is 4.53. The molecule has 0 aliphatic heterocycles. The van der Waals surface area contributed by atoms with Crippen LogP contribution in [0.2, 0.25) is 0 Å². The van der Waals surface area contributed by atoms with Crippen molar-refractivity contribution >= 4 is 23.6 Å². The Bertz CT molecular complexity index is 841. The van der Waals surface area contributed by atoms with Crippen LogP contribution in [0.4, 0.5) is 0 Å².